The molecule has 0 unspecified atom stereocenters. The molecular weight excluding hydrogens is 498 g/mol. The van der Waals surface area contributed by atoms with Gasteiger partial charge in [-0.1, -0.05) is 74.5 Å². The second kappa shape index (κ2) is 13.2. The molecule has 0 fully saturated rings. The maximum Gasteiger partial charge on any atom is 0.264 e. The minimum atomic E-state index is -4.05. The van der Waals surface area contributed by atoms with Crippen molar-refractivity contribution in [1.82, 2.24) is 10.2 Å². The van der Waals surface area contributed by atoms with E-state index in [0.29, 0.717) is 12.1 Å². The smallest absolute Gasteiger partial charge is 0.264 e. The summed E-state index contributed by atoms with van der Waals surface area (Å²) in [5, 5.41) is 2.99. The average Bonchev–Trinajstić information content (AvgIpc) is 2.93. The molecule has 3 rings (SSSR count). The number of anilines is 1. The van der Waals surface area contributed by atoms with E-state index < -0.39 is 28.5 Å². The van der Waals surface area contributed by atoms with E-state index in [1.807, 2.05) is 52.0 Å². The molecule has 0 heterocycles. The van der Waals surface area contributed by atoms with Gasteiger partial charge in [0.2, 0.25) is 11.8 Å². The van der Waals surface area contributed by atoms with Gasteiger partial charge in [-0.3, -0.25) is 13.9 Å². The molecule has 0 saturated heterocycles. The van der Waals surface area contributed by atoms with Crippen molar-refractivity contribution in [3.63, 3.8) is 0 Å². The van der Waals surface area contributed by atoms with Crippen LogP contribution in [0.2, 0.25) is 0 Å². The van der Waals surface area contributed by atoms with Gasteiger partial charge in [0.05, 0.1) is 10.6 Å². The highest BCUT2D eigenvalue weighted by Crippen LogP contribution is 2.25. The van der Waals surface area contributed by atoms with Gasteiger partial charge in [0.1, 0.15) is 12.6 Å². The molecular formula is C30H37N3O4S. The van der Waals surface area contributed by atoms with Crippen LogP contribution in [0, 0.1) is 6.92 Å². The Bertz CT molecular complexity index is 1310. The van der Waals surface area contributed by atoms with Crippen LogP contribution in [0.1, 0.15) is 44.7 Å². The largest absolute Gasteiger partial charge is 0.352 e. The second-order valence-corrected chi connectivity index (χ2v) is 11.2. The number of hydrogen-bond donors (Lipinski definition) is 1. The first-order valence-corrected chi connectivity index (χ1v) is 14.4. The van der Waals surface area contributed by atoms with Crippen LogP contribution in [-0.4, -0.2) is 43.8 Å². The monoisotopic (exact) mass is 535 g/mol. The molecule has 0 radical (unpaired) electrons. The third-order valence-electron chi connectivity index (χ3n) is 6.64. The van der Waals surface area contributed by atoms with Gasteiger partial charge in [-0.05, 0) is 62.1 Å². The lowest BCUT2D eigenvalue weighted by molar-refractivity contribution is -0.140. The molecule has 1 N–H and O–H groups in total. The first kappa shape index (κ1) is 28.9. The van der Waals surface area contributed by atoms with Crippen LogP contribution in [0.15, 0.2) is 89.8 Å². The number of carbonyl (C=O) groups is 2. The summed E-state index contributed by atoms with van der Waals surface area (Å²) in [5.74, 6) is -0.705. The highest BCUT2D eigenvalue weighted by atomic mass is 32.2. The zero-order valence-corrected chi connectivity index (χ0v) is 23.3. The van der Waals surface area contributed by atoms with E-state index in [1.54, 1.807) is 48.5 Å². The van der Waals surface area contributed by atoms with E-state index in [2.05, 4.69) is 5.32 Å². The van der Waals surface area contributed by atoms with Crippen LogP contribution in [-0.2, 0) is 26.2 Å². The fraction of sp³-hybridized carbons (Fsp3) is 0.333. The summed E-state index contributed by atoms with van der Waals surface area (Å²) in [7, 11) is -4.05. The van der Waals surface area contributed by atoms with E-state index >= 15 is 0 Å². The van der Waals surface area contributed by atoms with E-state index in [1.165, 1.54) is 17.0 Å². The topological polar surface area (TPSA) is 86.8 Å². The van der Waals surface area contributed by atoms with Gasteiger partial charge >= 0.3 is 0 Å². The Hall–Kier alpha value is -3.65. The van der Waals surface area contributed by atoms with Crippen LogP contribution >= 0.6 is 0 Å². The second-order valence-electron chi connectivity index (χ2n) is 9.35. The van der Waals surface area contributed by atoms with Crippen LogP contribution in [0.5, 0.6) is 0 Å². The first-order chi connectivity index (χ1) is 18.2. The molecule has 0 aromatic heterocycles. The number of nitrogens with zero attached hydrogens (tertiary/aromatic N) is 2. The van der Waals surface area contributed by atoms with Crippen molar-refractivity contribution in [2.45, 2.75) is 64.1 Å². The normalized spacial score (nSPS) is 12.8. The quantitative estimate of drug-likeness (QED) is 0.357. The van der Waals surface area contributed by atoms with E-state index in [-0.39, 0.29) is 23.4 Å². The van der Waals surface area contributed by atoms with Gasteiger partial charge in [-0.2, -0.15) is 0 Å². The molecule has 0 spiro atoms. The summed E-state index contributed by atoms with van der Waals surface area (Å²) in [5.41, 5.74) is 2.25. The van der Waals surface area contributed by atoms with Crippen molar-refractivity contribution >= 4 is 27.5 Å². The van der Waals surface area contributed by atoms with Gasteiger partial charge in [-0.25, -0.2) is 8.42 Å². The Kier molecular flexibility index (Phi) is 10.1. The number of rotatable bonds is 12. The molecule has 0 aliphatic carbocycles. The van der Waals surface area contributed by atoms with Crippen molar-refractivity contribution in [3.05, 3.63) is 96.1 Å². The Balaban J connectivity index is 2.03. The molecule has 7 nitrogen and oxygen atoms in total. The minimum absolute atomic E-state index is 0.0498. The van der Waals surface area contributed by atoms with Gasteiger partial charge in [0, 0.05) is 12.6 Å². The maximum absolute atomic E-state index is 14.0. The Morgan fingerprint density at radius 2 is 1.42 bits per heavy atom. The van der Waals surface area contributed by atoms with Crippen molar-refractivity contribution in [3.8, 4) is 0 Å². The Morgan fingerprint density at radius 1 is 0.842 bits per heavy atom. The van der Waals surface area contributed by atoms with Crippen molar-refractivity contribution in [1.29, 1.82) is 0 Å². The number of para-hydroxylation sites is 1. The molecule has 0 aliphatic heterocycles. The Morgan fingerprint density at radius 3 is 2.00 bits per heavy atom. The zero-order chi connectivity index (χ0) is 27.7. The molecule has 0 aliphatic rings. The summed E-state index contributed by atoms with van der Waals surface area (Å²) in [6, 6.07) is 23.5. The summed E-state index contributed by atoms with van der Waals surface area (Å²) in [4.78, 5) is 28.9. The van der Waals surface area contributed by atoms with Crippen molar-refractivity contribution < 1.29 is 18.0 Å². The first-order valence-electron chi connectivity index (χ1n) is 13.0. The highest BCUT2D eigenvalue weighted by Gasteiger charge is 2.34. The maximum atomic E-state index is 14.0. The van der Waals surface area contributed by atoms with Crippen LogP contribution in [0.3, 0.4) is 0 Å². The van der Waals surface area contributed by atoms with Gasteiger partial charge in [0.15, 0.2) is 0 Å². The lowest BCUT2D eigenvalue weighted by Gasteiger charge is -2.34. The van der Waals surface area contributed by atoms with Gasteiger partial charge in [0.25, 0.3) is 10.0 Å². The van der Waals surface area contributed by atoms with E-state index in [0.717, 1.165) is 21.9 Å². The number of hydrogen-bond acceptors (Lipinski definition) is 4. The van der Waals surface area contributed by atoms with E-state index in [9.17, 15) is 18.0 Å². The molecule has 0 saturated carbocycles. The predicted molar refractivity (Wildman–Crippen MR) is 151 cm³/mol. The number of amides is 2. The molecule has 8 heteroatoms. The molecule has 202 valence electrons. The third-order valence-corrected chi connectivity index (χ3v) is 8.43. The average molecular weight is 536 g/mol. The Labute approximate surface area is 226 Å². The molecule has 2 amide bonds. The lowest BCUT2D eigenvalue weighted by Crippen LogP contribution is -2.53. The lowest BCUT2D eigenvalue weighted by atomic mass is 10.1. The van der Waals surface area contributed by atoms with Crippen LogP contribution in [0.4, 0.5) is 5.69 Å². The fourth-order valence-electron chi connectivity index (χ4n) is 4.17. The number of aryl methyl sites for hydroxylation is 1. The van der Waals surface area contributed by atoms with Crippen LogP contribution < -0.4 is 9.62 Å². The van der Waals surface area contributed by atoms with Gasteiger partial charge < -0.3 is 10.2 Å². The van der Waals surface area contributed by atoms with Crippen molar-refractivity contribution in [2.75, 3.05) is 10.8 Å². The third kappa shape index (κ3) is 7.01. The van der Waals surface area contributed by atoms with Crippen LogP contribution in [0.25, 0.3) is 0 Å². The highest BCUT2D eigenvalue weighted by molar-refractivity contribution is 7.92. The SMILES string of the molecule is CC[C@@H](C)NC(=O)[C@@H](CC)N(Cc1ccccc1C)C(=O)CN(c1ccccc1)S(=O)(=O)c1ccccc1. The molecule has 38 heavy (non-hydrogen) atoms. The summed E-state index contributed by atoms with van der Waals surface area (Å²) < 4.78 is 28.6. The number of nitrogens with one attached hydrogen (secondary N) is 1. The molecule has 2 atom stereocenters. The summed E-state index contributed by atoms with van der Waals surface area (Å²) in [6.45, 7) is 7.45. The molecule has 3 aromatic rings. The zero-order valence-electron chi connectivity index (χ0n) is 22.5. The van der Waals surface area contributed by atoms with Crippen molar-refractivity contribution in [2.24, 2.45) is 0 Å². The summed E-state index contributed by atoms with van der Waals surface area (Å²) >= 11 is 0. The number of benzene rings is 3. The predicted octanol–water partition coefficient (Wildman–Crippen LogP) is 4.91. The number of carbonyl (C=O) groups excluding carboxylic acids is 2. The standard InChI is InChI=1S/C30H37N3O4S/c1-5-24(4)31-30(35)28(6-2)32(21-25-16-14-13-15-23(25)3)29(34)22-33(26-17-9-7-10-18-26)38(36,37)27-19-11-8-12-20-27/h7-20,24,28H,5-6,21-22H2,1-4H3,(H,31,35)/t24-,28-/m1/s1. The van der Waals surface area contributed by atoms with E-state index in [4.69, 9.17) is 0 Å². The molecule has 0 bridgehead atoms. The fourth-order valence-corrected chi connectivity index (χ4v) is 5.61. The molecule has 3 aromatic carbocycles. The number of sulfonamides is 1. The summed E-state index contributed by atoms with van der Waals surface area (Å²) in [6.07, 6.45) is 1.14. The van der Waals surface area contributed by atoms with Gasteiger partial charge in [-0.15, -0.1) is 0 Å². The minimum Gasteiger partial charge on any atom is -0.352 e.